The highest BCUT2D eigenvalue weighted by Gasteiger charge is 2.35. The van der Waals surface area contributed by atoms with Gasteiger partial charge in [-0.1, -0.05) is 0 Å². The van der Waals surface area contributed by atoms with Crippen molar-refractivity contribution in [2.75, 3.05) is 18.4 Å². The molecule has 3 N–H and O–H groups in total. The summed E-state index contributed by atoms with van der Waals surface area (Å²) >= 11 is 0. The number of piperidine rings is 1. The lowest BCUT2D eigenvalue weighted by atomic mass is 9.94. The Morgan fingerprint density at radius 3 is 2.59 bits per heavy atom. The van der Waals surface area contributed by atoms with Crippen LogP contribution in [0.4, 0.5) is 20.7 Å². The lowest BCUT2D eigenvalue weighted by molar-refractivity contribution is 0.0488. The van der Waals surface area contributed by atoms with Crippen molar-refractivity contribution in [3.8, 4) is 6.07 Å². The Morgan fingerprint density at radius 1 is 1.22 bits per heavy atom. The second-order valence-electron chi connectivity index (χ2n) is 8.20. The Bertz CT molecular complexity index is 1030. The second kappa shape index (κ2) is 9.26. The van der Waals surface area contributed by atoms with E-state index in [1.165, 1.54) is 30.5 Å². The molecule has 2 heterocycles. The smallest absolute Gasteiger partial charge is 0.410 e. The highest BCUT2D eigenvalue weighted by molar-refractivity contribution is 5.98. The number of carbonyl (C=O) groups excluding carboxylic acids is 2. The number of halogens is 1. The fourth-order valence-electron chi connectivity index (χ4n) is 4.28. The SMILES string of the molecule is N#CC1CN(C(=O)OC2CCCC2)CCC1n1cc(C(N)=O)c(Nc2ccc(F)cc2)n1. The van der Waals surface area contributed by atoms with Gasteiger partial charge in [0.25, 0.3) is 5.91 Å². The summed E-state index contributed by atoms with van der Waals surface area (Å²) in [6.45, 7) is 0.639. The fraction of sp³-hybridized carbons (Fsp3) is 0.455. The third-order valence-electron chi connectivity index (χ3n) is 6.01. The average Bonchev–Trinajstić information content (AvgIpc) is 3.45. The lowest BCUT2D eigenvalue weighted by Gasteiger charge is -2.35. The van der Waals surface area contributed by atoms with Crippen molar-refractivity contribution in [1.29, 1.82) is 5.26 Å². The monoisotopic (exact) mass is 440 g/mol. The number of nitrogens with zero attached hydrogens (tertiary/aromatic N) is 4. The molecule has 1 saturated carbocycles. The van der Waals surface area contributed by atoms with Crippen molar-refractivity contribution in [3.63, 3.8) is 0 Å². The number of primary amides is 1. The first-order valence-electron chi connectivity index (χ1n) is 10.7. The molecule has 2 aliphatic rings. The van der Waals surface area contributed by atoms with Gasteiger partial charge >= 0.3 is 6.09 Å². The Kier molecular flexibility index (Phi) is 6.25. The summed E-state index contributed by atoms with van der Waals surface area (Å²) in [5, 5.41) is 17.2. The summed E-state index contributed by atoms with van der Waals surface area (Å²) < 4.78 is 20.3. The third kappa shape index (κ3) is 4.66. The molecule has 2 unspecified atom stereocenters. The van der Waals surface area contributed by atoms with Crippen LogP contribution in [-0.4, -0.2) is 45.9 Å². The minimum absolute atomic E-state index is 0.0370. The summed E-state index contributed by atoms with van der Waals surface area (Å²) in [6, 6.07) is 7.53. The van der Waals surface area contributed by atoms with Crippen LogP contribution in [0.15, 0.2) is 30.5 Å². The molecule has 1 aliphatic heterocycles. The second-order valence-corrected chi connectivity index (χ2v) is 8.20. The predicted octanol–water partition coefficient (Wildman–Crippen LogP) is 3.33. The Hall–Kier alpha value is -3.61. The van der Waals surface area contributed by atoms with Crippen molar-refractivity contribution in [1.82, 2.24) is 14.7 Å². The quantitative estimate of drug-likeness (QED) is 0.734. The normalized spacial score (nSPS) is 21.2. The topological polar surface area (TPSA) is 126 Å². The van der Waals surface area contributed by atoms with E-state index in [-0.39, 0.29) is 42.0 Å². The van der Waals surface area contributed by atoms with Gasteiger partial charge in [0.05, 0.1) is 18.0 Å². The number of carbonyl (C=O) groups is 2. The molecule has 1 aliphatic carbocycles. The largest absolute Gasteiger partial charge is 0.446 e. The van der Waals surface area contributed by atoms with Crippen molar-refractivity contribution >= 4 is 23.5 Å². The van der Waals surface area contributed by atoms with Crippen LogP contribution in [0.5, 0.6) is 0 Å². The fourth-order valence-corrected chi connectivity index (χ4v) is 4.28. The van der Waals surface area contributed by atoms with Gasteiger partial charge in [-0.2, -0.15) is 10.4 Å². The van der Waals surface area contributed by atoms with Gasteiger partial charge in [-0.25, -0.2) is 9.18 Å². The maximum atomic E-state index is 13.2. The number of nitriles is 1. The van der Waals surface area contributed by atoms with E-state index in [2.05, 4.69) is 16.5 Å². The van der Waals surface area contributed by atoms with Crippen LogP contribution in [0.2, 0.25) is 0 Å². The van der Waals surface area contributed by atoms with Crippen molar-refractivity contribution < 1.29 is 18.7 Å². The van der Waals surface area contributed by atoms with Crippen LogP contribution in [0.1, 0.15) is 48.5 Å². The van der Waals surface area contributed by atoms with E-state index in [1.807, 2.05) is 0 Å². The molecule has 0 bridgehead atoms. The molecular weight excluding hydrogens is 415 g/mol. The van der Waals surface area contributed by atoms with Gasteiger partial charge in [-0.15, -0.1) is 0 Å². The standard InChI is InChI=1S/C22H25FN6O3/c23-15-5-7-16(8-6-15)26-21-18(20(25)30)13-29(27-21)19-9-10-28(12-14(19)11-24)22(31)32-17-3-1-2-4-17/h5-8,13-14,17,19H,1-4,9-10,12H2,(H2,25,30)(H,26,27). The van der Waals surface area contributed by atoms with Gasteiger partial charge in [0.1, 0.15) is 17.5 Å². The van der Waals surface area contributed by atoms with Crippen molar-refractivity contribution in [2.45, 2.75) is 44.2 Å². The molecule has 32 heavy (non-hydrogen) atoms. The van der Waals surface area contributed by atoms with Crippen LogP contribution in [-0.2, 0) is 4.74 Å². The van der Waals surface area contributed by atoms with Gasteiger partial charge in [0, 0.05) is 25.0 Å². The van der Waals surface area contributed by atoms with Crippen molar-refractivity contribution in [2.24, 2.45) is 11.7 Å². The number of anilines is 2. The highest BCUT2D eigenvalue weighted by atomic mass is 19.1. The highest BCUT2D eigenvalue weighted by Crippen LogP contribution is 2.31. The average molecular weight is 440 g/mol. The van der Waals surface area contributed by atoms with E-state index in [0.717, 1.165) is 25.7 Å². The number of ether oxygens (including phenoxy) is 1. The van der Waals surface area contributed by atoms with E-state index < -0.39 is 11.8 Å². The van der Waals surface area contributed by atoms with E-state index >= 15 is 0 Å². The van der Waals surface area contributed by atoms with Gasteiger partial charge in [-0.05, 0) is 56.4 Å². The van der Waals surface area contributed by atoms with Crippen LogP contribution in [0, 0.1) is 23.1 Å². The summed E-state index contributed by atoms with van der Waals surface area (Å²) in [5.41, 5.74) is 6.22. The van der Waals surface area contributed by atoms with Gasteiger partial charge in [0.2, 0.25) is 0 Å². The number of hydrogen-bond acceptors (Lipinski definition) is 6. The number of benzene rings is 1. The number of nitrogens with one attached hydrogen (secondary N) is 1. The number of nitrogens with two attached hydrogens (primary N) is 1. The van der Waals surface area contributed by atoms with E-state index in [4.69, 9.17) is 10.5 Å². The molecule has 10 heteroatoms. The third-order valence-corrected chi connectivity index (χ3v) is 6.01. The lowest BCUT2D eigenvalue weighted by Crippen LogP contribution is -2.45. The zero-order valence-electron chi connectivity index (χ0n) is 17.5. The first-order valence-corrected chi connectivity index (χ1v) is 10.7. The van der Waals surface area contributed by atoms with E-state index in [9.17, 15) is 19.2 Å². The zero-order chi connectivity index (χ0) is 22.7. The molecule has 4 rings (SSSR count). The minimum atomic E-state index is -0.674. The number of aromatic nitrogens is 2. The number of amides is 2. The molecule has 0 spiro atoms. The van der Waals surface area contributed by atoms with Crippen LogP contribution in [0.25, 0.3) is 0 Å². The van der Waals surface area contributed by atoms with Gasteiger partial charge < -0.3 is 20.7 Å². The summed E-state index contributed by atoms with van der Waals surface area (Å²) in [7, 11) is 0. The number of likely N-dealkylation sites (tertiary alicyclic amines) is 1. The summed E-state index contributed by atoms with van der Waals surface area (Å²) in [5.74, 6) is -1.36. The molecule has 9 nitrogen and oxygen atoms in total. The molecule has 2 fully saturated rings. The molecule has 1 aromatic carbocycles. The van der Waals surface area contributed by atoms with Crippen LogP contribution in [0.3, 0.4) is 0 Å². The molecule has 2 atom stereocenters. The first kappa shape index (κ1) is 21.6. The maximum absolute atomic E-state index is 13.2. The van der Waals surface area contributed by atoms with Crippen molar-refractivity contribution in [3.05, 3.63) is 41.8 Å². The summed E-state index contributed by atoms with van der Waals surface area (Å²) in [6.07, 6.45) is 5.47. The Labute approximate surface area is 184 Å². The number of hydrogen-bond donors (Lipinski definition) is 2. The Morgan fingerprint density at radius 2 is 1.94 bits per heavy atom. The van der Waals surface area contributed by atoms with Crippen LogP contribution >= 0.6 is 0 Å². The molecule has 2 amide bonds. The maximum Gasteiger partial charge on any atom is 0.410 e. The molecule has 1 saturated heterocycles. The molecule has 0 radical (unpaired) electrons. The molecule has 2 aromatic rings. The zero-order valence-corrected chi connectivity index (χ0v) is 17.5. The molecular formula is C22H25FN6O3. The van der Waals surface area contributed by atoms with Gasteiger partial charge in [0.15, 0.2) is 5.82 Å². The summed E-state index contributed by atoms with van der Waals surface area (Å²) in [4.78, 5) is 26.0. The van der Waals surface area contributed by atoms with Gasteiger partial charge in [-0.3, -0.25) is 9.48 Å². The first-order chi connectivity index (χ1) is 15.4. The predicted molar refractivity (Wildman–Crippen MR) is 113 cm³/mol. The Balaban J connectivity index is 1.49. The molecule has 168 valence electrons. The number of rotatable bonds is 5. The van der Waals surface area contributed by atoms with Crippen LogP contribution < -0.4 is 11.1 Å². The van der Waals surface area contributed by atoms with E-state index in [1.54, 1.807) is 9.58 Å². The minimum Gasteiger partial charge on any atom is -0.446 e. The molecule has 1 aromatic heterocycles. The van der Waals surface area contributed by atoms with E-state index in [0.29, 0.717) is 18.7 Å².